The second-order valence-electron chi connectivity index (χ2n) is 3.43. The number of hydrogen-bond acceptors (Lipinski definition) is 5. The van der Waals surface area contributed by atoms with Gasteiger partial charge in [0.2, 0.25) is 0 Å². The summed E-state index contributed by atoms with van der Waals surface area (Å²) in [7, 11) is 0. The number of benzene rings is 1. The largest absolute Gasteiger partial charge is 0.387 e. The zero-order chi connectivity index (χ0) is 12.1. The van der Waals surface area contributed by atoms with E-state index in [4.69, 9.17) is 0 Å². The van der Waals surface area contributed by atoms with Gasteiger partial charge in [-0.15, -0.1) is 0 Å². The van der Waals surface area contributed by atoms with Gasteiger partial charge < -0.3 is 10.4 Å². The first-order valence-corrected chi connectivity index (χ1v) is 5.79. The molecule has 0 aliphatic heterocycles. The van der Waals surface area contributed by atoms with Crippen molar-refractivity contribution in [1.29, 1.82) is 0 Å². The zero-order valence-corrected chi connectivity index (χ0v) is 9.72. The lowest BCUT2D eigenvalue weighted by molar-refractivity contribution is 0.0912. The highest BCUT2D eigenvalue weighted by molar-refractivity contribution is 6.99. The number of carbonyl (C=O) groups is 1. The van der Waals surface area contributed by atoms with Crippen LogP contribution in [0.25, 0.3) is 0 Å². The van der Waals surface area contributed by atoms with Crippen LogP contribution < -0.4 is 5.32 Å². The molecule has 1 unspecified atom stereocenters. The predicted molar refractivity (Wildman–Crippen MR) is 63.6 cm³/mol. The zero-order valence-electron chi connectivity index (χ0n) is 8.91. The van der Waals surface area contributed by atoms with Gasteiger partial charge in [0.25, 0.3) is 5.91 Å². The first-order chi connectivity index (χ1) is 8.27. The Labute approximate surface area is 102 Å². The van der Waals surface area contributed by atoms with Crippen LogP contribution in [0.15, 0.2) is 36.5 Å². The Hall–Kier alpha value is -1.79. The first kappa shape index (κ1) is 11.7. The van der Waals surface area contributed by atoms with Gasteiger partial charge >= 0.3 is 0 Å². The average Bonchev–Trinajstić information content (AvgIpc) is 2.90. The molecule has 0 radical (unpaired) electrons. The molecule has 5 nitrogen and oxygen atoms in total. The number of aliphatic hydroxyl groups excluding tert-OH is 1. The third-order valence-corrected chi connectivity index (χ3v) is 2.71. The van der Waals surface area contributed by atoms with Crippen LogP contribution in [0.2, 0.25) is 0 Å². The van der Waals surface area contributed by atoms with Gasteiger partial charge in [-0.1, -0.05) is 30.3 Å². The van der Waals surface area contributed by atoms with Crippen molar-refractivity contribution in [2.75, 3.05) is 6.54 Å². The molecule has 2 N–H and O–H groups in total. The molecule has 2 rings (SSSR count). The molecule has 0 fully saturated rings. The third-order valence-electron chi connectivity index (χ3n) is 2.23. The van der Waals surface area contributed by atoms with E-state index in [0.717, 1.165) is 17.3 Å². The molecule has 0 spiro atoms. The number of carbonyl (C=O) groups excluding carboxylic acids is 1. The molecule has 17 heavy (non-hydrogen) atoms. The summed E-state index contributed by atoms with van der Waals surface area (Å²) in [6.07, 6.45) is 0.682. The van der Waals surface area contributed by atoms with E-state index in [0.29, 0.717) is 0 Å². The van der Waals surface area contributed by atoms with Gasteiger partial charge in [-0.25, -0.2) is 0 Å². The highest BCUT2D eigenvalue weighted by atomic mass is 32.1. The number of nitrogens with zero attached hydrogens (tertiary/aromatic N) is 2. The van der Waals surface area contributed by atoms with E-state index >= 15 is 0 Å². The summed E-state index contributed by atoms with van der Waals surface area (Å²) in [5.41, 5.74) is 1.04. The van der Waals surface area contributed by atoms with Crippen molar-refractivity contribution in [1.82, 2.24) is 14.1 Å². The van der Waals surface area contributed by atoms with Gasteiger partial charge in [0.05, 0.1) is 24.0 Å². The van der Waals surface area contributed by atoms with Crippen molar-refractivity contribution in [3.05, 3.63) is 47.8 Å². The van der Waals surface area contributed by atoms with E-state index in [1.165, 1.54) is 6.20 Å². The minimum absolute atomic E-state index is 0.153. The number of rotatable bonds is 4. The van der Waals surface area contributed by atoms with Crippen molar-refractivity contribution in [2.45, 2.75) is 6.10 Å². The van der Waals surface area contributed by atoms with E-state index < -0.39 is 6.10 Å². The Bertz CT molecular complexity index is 473. The molecule has 2 aromatic rings. The Kier molecular flexibility index (Phi) is 3.79. The number of nitrogens with one attached hydrogen (secondary N) is 1. The van der Waals surface area contributed by atoms with Crippen LogP contribution in [-0.4, -0.2) is 26.3 Å². The summed E-state index contributed by atoms with van der Waals surface area (Å²) in [6, 6.07) is 9.16. The van der Waals surface area contributed by atoms with E-state index in [1.54, 1.807) is 12.1 Å². The maximum Gasteiger partial charge on any atom is 0.272 e. The minimum atomic E-state index is -0.716. The fourth-order valence-electron chi connectivity index (χ4n) is 1.34. The molecule has 1 atom stereocenters. The van der Waals surface area contributed by atoms with E-state index in [2.05, 4.69) is 14.1 Å². The van der Waals surface area contributed by atoms with Gasteiger partial charge in [0.1, 0.15) is 0 Å². The van der Waals surface area contributed by atoms with Crippen molar-refractivity contribution < 1.29 is 9.90 Å². The van der Waals surface area contributed by atoms with Crippen molar-refractivity contribution in [2.24, 2.45) is 0 Å². The molecule has 6 heteroatoms. The number of hydrogen-bond donors (Lipinski definition) is 2. The summed E-state index contributed by atoms with van der Waals surface area (Å²) < 4.78 is 7.54. The summed E-state index contributed by atoms with van der Waals surface area (Å²) >= 11 is 0.975. The maximum atomic E-state index is 11.5. The second-order valence-corrected chi connectivity index (χ2v) is 3.99. The fourth-order valence-corrected chi connectivity index (χ4v) is 1.75. The van der Waals surface area contributed by atoms with Gasteiger partial charge in [0, 0.05) is 6.54 Å². The third kappa shape index (κ3) is 3.08. The highest BCUT2D eigenvalue weighted by Gasteiger charge is 2.11. The molecule has 0 saturated carbocycles. The highest BCUT2D eigenvalue weighted by Crippen LogP contribution is 2.10. The Morgan fingerprint density at radius 1 is 1.41 bits per heavy atom. The maximum absolute atomic E-state index is 11.5. The normalized spacial score (nSPS) is 12.1. The lowest BCUT2D eigenvalue weighted by Gasteiger charge is -2.11. The standard InChI is InChI=1S/C11H11N3O2S/c15-10(8-4-2-1-3-5-8)7-12-11(16)9-6-13-17-14-9/h1-6,10,15H,7H2,(H,12,16). The van der Waals surface area contributed by atoms with Crippen molar-refractivity contribution >= 4 is 17.6 Å². The fraction of sp³-hybridized carbons (Fsp3) is 0.182. The summed E-state index contributed by atoms with van der Waals surface area (Å²) in [5, 5.41) is 12.4. The summed E-state index contributed by atoms with van der Waals surface area (Å²) in [6.45, 7) is 0.153. The molecule has 1 amide bonds. The van der Waals surface area contributed by atoms with Crippen molar-refractivity contribution in [3.8, 4) is 0 Å². The van der Waals surface area contributed by atoms with Gasteiger partial charge in [-0.05, 0) is 5.56 Å². The minimum Gasteiger partial charge on any atom is -0.387 e. The molecular weight excluding hydrogens is 238 g/mol. The smallest absolute Gasteiger partial charge is 0.272 e. The molecule has 88 valence electrons. The van der Waals surface area contributed by atoms with Crippen LogP contribution in [-0.2, 0) is 0 Å². The average molecular weight is 249 g/mol. The van der Waals surface area contributed by atoms with Gasteiger partial charge in [-0.2, -0.15) is 8.75 Å². The van der Waals surface area contributed by atoms with Crippen LogP contribution in [0.1, 0.15) is 22.2 Å². The second kappa shape index (κ2) is 5.51. The quantitative estimate of drug-likeness (QED) is 0.847. The Morgan fingerprint density at radius 2 is 2.18 bits per heavy atom. The molecule has 1 heterocycles. The molecule has 1 aromatic carbocycles. The van der Waals surface area contributed by atoms with Crippen LogP contribution in [0.4, 0.5) is 0 Å². The van der Waals surface area contributed by atoms with E-state index in [-0.39, 0.29) is 18.1 Å². The first-order valence-electron chi connectivity index (χ1n) is 5.06. The Balaban J connectivity index is 1.89. The molecule has 1 aromatic heterocycles. The number of amides is 1. The van der Waals surface area contributed by atoms with Gasteiger partial charge in [-0.3, -0.25) is 4.79 Å². The lowest BCUT2D eigenvalue weighted by atomic mass is 10.1. The predicted octanol–water partition coefficient (Wildman–Crippen LogP) is 1.00. The van der Waals surface area contributed by atoms with Crippen LogP contribution >= 0.6 is 11.7 Å². The van der Waals surface area contributed by atoms with E-state index in [1.807, 2.05) is 18.2 Å². The van der Waals surface area contributed by atoms with Crippen molar-refractivity contribution in [3.63, 3.8) is 0 Å². The van der Waals surface area contributed by atoms with E-state index in [9.17, 15) is 9.90 Å². The van der Waals surface area contributed by atoms with Crippen LogP contribution in [0.3, 0.4) is 0 Å². The van der Waals surface area contributed by atoms with Crippen LogP contribution in [0.5, 0.6) is 0 Å². The number of aromatic nitrogens is 2. The summed E-state index contributed by atoms with van der Waals surface area (Å²) in [5.74, 6) is -0.325. The molecule has 0 bridgehead atoms. The Morgan fingerprint density at radius 3 is 2.82 bits per heavy atom. The van der Waals surface area contributed by atoms with Gasteiger partial charge in [0.15, 0.2) is 5.69 Å². The molecular formula is C11H11N3O2S. The lowest BCUT2D eigenvalue weighted by Crippen LogP contribution is -2.28. The summed E-state index contributed by atoms with van der Waals surface area (Å²) in [4.78, 5) is 11.5. The monoisotopic (exact) mass is 249 g/mol. The molecule has 0 aliphatic carbocycles. The molecule has 0 aliphatic rings. The topological polar surface area (TPSA) is 75.1 Å². The molecule has 0 saturated heterocycles. The SMILES string of the molecule is O=C(NCC(O)c1ccccc1)c1cnsn1. The number of aliphatic hydroxyl groups is 1. The van der Waals surface area contributed by atoms with Crippen LogP contribution in [0, 0.1) is 0 Å².